The highest BCUT2D eigenvalue weighted by Gasteiger charge is 2.43. The average molecular weight is 323 g/mol. The first-order valence-corrected chi connectivity index (χ1v) is 8.74. The molecule has 2 aliphatic heterocycles. The summed E-state index contributed by atoms with van der Waals surface area (Å²) in [6.07, 6.45) is 6.33. The van der Waals surface area contributed by atoms with Gasteiger partial charge in [-0.25, -0.2) is 4.79 Å². The second-order valence-corrected chi connectivity index (χ2v) is 7.38. The Morgan fingerprint density at radius 1 is 1.23 bits per heavy atom. The number of hydrogen-bond acceptors (Lipinski definition) is 2. The van der Waals surface area contributed by atoms with Gasteiger partial charge < -0.3 is 9.22 Å². The maximum absolute atomic E-state index is 12.2. The number of fused-ring (bicyclic) bond motifs is 1. The van der Waals surface area contributed by atoms with Crippen LogP contribution in [0.15, 0.2) is 24.3 Å². The summed E-state index contributed by atoms with van der Waals surface area (Å²) >= 11 is 6.07. The third-order valence-electron chi connectivity index (χ3n) is 5.53. The molecule has 3 nitrogen and oxygen atoms in total. The first-order valence-electron chi connectivity index (χ1n) is 8.36. The lowest BCUT2D eigenvalue weighted by molar-refractivity contribution is -0.947. The Hall–Kier alpha value is -1.06. The molecule has 0 unspecified atom stereocenters. The molecule has 2 aliphatic rings. The predicted molar refractivity (Wildman–Crippen MR) is 88.0 cm³/mol. The van der Waals surface area contributed by atoms with E-state index in [9.17, 15) is 4.79 Å². The van der Waals surface area contributed by atoms with E-state index in [0.717, 1.165) is 0 Å². The molecule has 2 fully saturated rings. The summed E-state index contributed by atoms with van der Waals surface area (Å²) in [4.78, 5) is 12.2. The highest BCUT2D eigenvalue weighted by Crippen LogP contribution is 2.36. The lowest BCUT2D eigenvalue weighted by Gasteiger charge is -2.51. The Labute approximate surface area is 137 Å². The van der Waals surface area contributed by atoms with Crippen LogP contribution in [-0.4, -0.2) is 43.2 Å². The summed E-state index contributed by atoms with van der Waals surface area (Å²) in [7, 11) is 2.38. The number of carbonyl (C=O) groups is 1. The number of piperidine rings is 2. The van der Waals surface area contributed by atoms with Gasteiger partial charge in [0.1, 0.15) is 6.61 Å². The molecule has 0 N–H and O–H groups in total. The number of quaternary nitrogens is 1. The first-order chi connectivity index (χ1) is 10.6. The van der Waals surface area contributed by atoms with Gasteiger partial charge in [-0.3, -0.25) is 0 Å². The predicted octanol–water partition coefficient (Wildman–Crippen LogP) is 3.91. The van der Waals surface area contributed by atoms with Crippen LogP contribution >= 0.6 is 11.6 Å². The summed E-state index contributed by atoms with van der Waals surface area (Å²) in [6.45, 7) is 3.09. The SMILES string of the molecule is C[N@@+]12CCCC[C@@H]1[C@H](COC(=O)c1ccccc1Cl)CCC2. The van der Waals surface area contributed by atoms with Gasteiger partial charge in [0.15, 0.2) is 0 Å². The van der Waals surface area contributed by atoms with Crippen molar-refractivity contribution in [2.45, 2.75) is 38.1 Å². The van der Waals surface area contributed by atoms with E-state index in [4.69, 9.17) is 16.3 Å². The molecule has 0 bridgehead atoms. The molecule has 0 aliphatic carbocycles. The standard InChI is InChI=1S/C18H25ClNO2/c1-20-11-5-4-10-17(20)14(7-6-12-20)13-22-18(21)15-8-2-3-9-16(15)19/h2-3,8-9,14,17H,4-7,10-13H2,1H3/q+1/t14-,17+,20-/m0/s1. The normalized spacial score (nSPS) is 31.4. The van der Waals surface area contributed by atoms with E-state index in [1.54, 1.807) is 12.1 Å². The molecule has 1 aromatic rings. The zero-order chi connectivity index (χ0) is 15.6. The van der Waals surface area contributed by atoms with Crippen molar-refractivity contribution < 1.29 is 14.0 Å². The quantitative estimate of drug-likeness (QED) is 0.623. The van der Waals surface area contributed by atoms with Crippen LogP contribution < -0.4 is 0 Å². The Morgan fingerprint density at radius 2 is 2.00 bits per heavy atom. The van der Waals surface area contributed by atoms with E-state index in [2.05, 4.69) is 7.05 Å². The molecule has 0 radical (unpaired) electrons. The summed E-state index contributed by atoms with van der Waals surface area (Å²) < 4.78 is 6.78. The van der Waals surface area contributed by atoms with Gasteiger partial charge in [0.2, 0.25) is 0 Å². The molecule has 2 heterocycles. The topological polar surface area (TPSA) is 26.3 Å². The minimum Gasteiger partial charge on any atom is -0.462 e. The molecule has 4 heteroatoms. The number of rotatable bonds is 3. The van der Waals surface area contributed by atoms with Crippen LogP contribution in [0, 0.1) is 5.92 Å². The number of hydrogen-bond donors (Lipinski definition) is 0. The first kappa shape index (κ1) is 15.8. The smallest absolute Gasteiger partial charge is 0.339 e. The molecule has 22 heavy (non-hydrogen) atoms. The van der Waals surface area contributed by atoms with Crippen molar-refractivity contribution in [3.63, 3.8) is 0 Å². The molecule has 120 valence electrons. The molecule has 3 rings (SSSR count). The van der Waals surface area contributed by atoms with E-state index in [0.29, 0.717) is 29.2 Å². The molecule has 0 amide bonds. The molecular weight excluding hydrogens is 298 g/mol. The monoisotopic (exact) mass is 322 g/mol. The van der Waals surface area contributed by atoms with Crippen LogP contribution in [0.1, 0.15) is 42.5 Å². The Bertz CT molecular complexity index is 544. The Balaban J connectivity index is 1.63. The van der Waals surface area contributed by atoms with Crippen LogP contribution in [0.2, 0.25) is 5.02 Å². The summed E-state index contributed by atoms with van der Waals surface area (Å²) in [5.74, 6) is 0.201. The number of carbonyl (C=O) groups excluding carboxylic acids is 1. The van der Waals surface area contributed by atoms with Gasteiger partial charge in [0.05, 0.1) is 36.8 Å². The molecule has 0 saturated carbocycles. The van der Waals surface area contributed by atoms with Crippen molar-refractivity contribution in [2.24, 2.45) is 5.92 Å². The number of halogens is 1. The fourth-order valence-electron chi connectivity index (χ4n) is 4.31. The second-order valence-electron chi connectivity index (χ2n) is 6.97. The van der Waals surface area contributed by atoms with Crippen molar-refractivity contribution in [1.82, 2.24) is 0 Å². The molecule has 3 atom stereocenters. The fraction of sp³-hybridized carbons (Fsp3) is 0.611. The van der Waals surface area contributed by atoms with E-state index < -0.39 is 0 Å². The maximum atomic E-state index is 12.2. The van der Waals surface area contributed by atoms with Gasteiger partial charge in [-0.1, -0.05) is 23.7 Å². The highest BCUT2D eigenvalue weighted by molar-refractivity contribution is 6.33. The lowest BCUT2D eigenvalue weighted by atomic mass is 9.82. The van der Waals surface area contributed by atoms with Gasteiger partial charge >= 0.3 is 5.97 Å². The van der Waals surface area contributed by atoms with Crippen LogP contribution in [0.3, 0.4) is 0 Å². The minimum absolute atomic E-state index is 0.291. The van der Waals surface area contributed by atoms with Gasteiger partial charge in [-0.2, -0.15) is 0 Å². The van der Waals surface area contributed by atoms with Gasteiger partial charge in [0, 0.05) is 12.3 Å². The third-order valence-corrected chi connectivity index (χ3v) is 5.86. The molecule has 1 aromatic carbocycles. The molecular formula is C18H25ClNO2+. The van der Waals surface area contributed by atoms with Gasteiger partial charge in [0.25, 0.3) is 0 Å². The Morgan fingerprint density at radius 3 is 2.82 bits per heavy atom. The van der Waals surface area contributed by atoms with Crippen LogP contribution in [-0.2, 0) is 4.74 Å². The maximum Gasteiger partial charge on any atom is 0.339 e. The zero-order valence-corrected chi connectivity index (χ0v) is 14.0. The number of benzene rings is 1. The summed E-state index contributed by atoms with van der Waals surface area (Å²) in [5, 5.41) is 0.467. The third kappa shape index (κ3) is 3.16. The Kier molecular flexibility index (Phi) is 4.74. The average Bonchev–Trinajstić information content (AvgIpc) is 2.52. The summed E-state index contributed by atoms with van der Waals surface area (Å²) in [5.41, 5.74) is 0.473. The van der Waals surface area contributed by atoms with Crippen molar-refractivity contribution in [1.29, 1.82) is 0 Å². The van der Waals surface area contributed by atoms with Crippen molar-refractivity contribution >= 4 is 17.6 Å². The van der Waals surface area contributed by atoms with Crippen LogP contribution in [0.5, 0.6) is 0 Å². The largest absolute Gasteiger partial charge is 0.462 e. The van der Waals surface area contributed by atoms with E-state index in [1.165, 1.54) is 49.7 Å². The molecule has 0 spiro atoms. The van der Waals surface area contributed by atoms with E-state index in [1.807, 2.05) is 12.1 Å². The summed E-state index contributed by atoms with van der Waals surface area (Å²) in [6, 6.07) is 7.75. The number of nitrogens with zero attached hydrogens (tertiary/aromatic N) is 1. The van der Waals surface area contributed by atoms with Crippen LogP contribution in [0.25, 0.3) is 0 Å². The van der Waals surface area contributed by atoms with E-state index >= 15 is 0 Å². The van der Waals surface area contributed by atoms with E-state index in [-0.39, 0.29) is 5.97 Å². The number of esters is 1. The second kappa shape index (κ2) is 6.59. The fourth-order valence-corrected chi connectivity index (χ4v) is 4.53. The van der Waals surface area contributed by atoms with Gasteiger partial charge in [-0.05, 0) is 37.8 Å². The lowest BCUT2D eigenvalue weighted by Crippen LogP contribution is -2.61. The molecule has 2 saturated heterocycles. The van der Waals surface area contributed by atoms with Gasteiger partial charge in [-0.15, -0.1) is 0 Å². The molecule has 0 aromatic heterocycles. The minimum atomic E-state index is -0.291. The number of ether oxygens (including phenoxy) is 1. The zero-order valence-electron chi connectivity index (χ0n) is 13.3. The van der Waals surface area contributed by atoms with Crippen molar-refractivity contribution in [3.8, 4) is 0 Å². The highest BCUT2D eigenvalue weighted by atomic mass is 35.5. The van der Waals surface area contributed by atoms with Crippen LogP contribution in [0.4, 0.5) is 0 Å². The van der Waals surface area contributed by atoms with Crippen molar-refractivity contribution in [2.75, 3.05) is 26.7 Å². The van der Waals surface area contributed by atoms with Crippen molar-refractivity contribution in [3.05, 3.63) is 34.9 Å².